The summed E-state index contributed by atoms with van der Waals surface area (Å²) in [5.74, 6) is 2.67. The summed E-state index contributed by atoms with van der Waals surface area (Å²) in [6.07, 6.45) is 0. The molecule has 2 aromatic rings. The van der Waals surface area contributed by atoms with Crippen molar-refractivity contribution in [3.8, 4) is 5.75 Å². The first-order chi connectivity index (χ1) is 10.7. The van der Waals surface area contributed by atoms with Gasteiger partial charge in [-0.3, -0.25) is 0 Å². The summed E-state index contributed by atoms with van der Waals surface area (Å²) in [7, 11) is 1.66. The number of halogens is 1. The molecule has 7 nitrogen and oxygen atoms in total. The Morgan fingerprint density at radius 2 is 2.09 bits per heavy atom. The van der Waals surface area contributed by atoms with Gasteiger partial charge in [-0.05, 0) is 13.0 Å². The van der Waals surface area contributed by atoms with E-state index >= 15 is 0 Å². The van der Waals surface area contributed by atoms with Gasteiger partial charge in [-0.25, -0.2) is 4.99 Å². The molecule has 8 heteroatoms. The molecule has 1 aromatic carbocycles. The predicted molar refractivity (Wildman–Crippen MR) is 99.1 cm³/mol. The van der Waals surface area contributed by atoms with E-state index in [1.54, 1.807) is 14.0 Å². The number of benzene rings is 1. The molecule has 0 saturated carbocycles. The maximum Gasteiger partial charge on any atom is 0.223 e. The zero-order valence-electron chi connectivity index (χ0n) is 13.5. The Bertz CT molecular complexity index is 630. The summed E-state index contributed by atoms with van der Waals surface area (Å²) >= 11 is 0. The number of nitrogens with zero attached hydrogens (tertiary/aromatic N) is 3. The van der Waals surface area contributed by atoms with Crippen LogP contribution in [0.25, 0.3) is 0 Å². The molecule has 2 rings (SSSR count). The fourth-order valence-electron chi connectivity index (χ4n) is 1.92. The number of rotatable bonds is 6. The lowest BCUT2D eigenvalue weighted by atomic mass is 10.2. The molecule has 0 amide bonds. The van der Waals surface area contributed by atoms with Crippen molar-refractivity contribution in [2.45, 2.75) is 26.9 Å². The van der Waals surface area contributed by atoms with Crippen molar-refractivity contribution >= 4 is 29.9 Å². The van der Waals surface area contributed by atoms with E-state index < -0.39 is 0 Å². The van der Waals surface area contributed by atoms with Gasteiger partial charge >= 0.3 is 0 Å². The Balaban J connectivity index is 0.00000264. The molecule has 2 N–H and O–H groups in total. The molecule has 23 heavy (non-hydrogen) atoms. The van der Waals surface area contributed by atoms with Crippen LogP contribution in [0, 0.1) is 6.92 Å². The first-order valence-corrected chi connectivity index (χ1v) is 7.16. The lowest BCUT2D eigenvalue weighted by molar-refractivity contribution is 0.387. The zero-order valence-corrected chi connectivity index (χ0v) is 15.8. The number of hydrogen-bond donors (Lipinski definition) is 2. The number of guanidine groups is 1. The summed E-state index contributed by atoms with van der Waals surface area (Å²) in [5.41, 5.74) is 1.03. The number of aliphatic imine (C=N–C) groups is 1. The van der Waals surface area contributed by atoms with Crippen molar-refractivity contribution in [2.75, 3.05) is 13.7 Å². The van der Waals surface area contributed by atoms with E-state index in [2.05, 4.69) is 25.8 Å². The quantitative estimate of drug-likeness (QED) is 0.415. The van der Waals surface area contributed by atoms with Crippen LogP contribution in [0.5, 0.6) is 5.75 Å². The predicted octanol–water partition coefficient (Wildman–Crippen LogP) is 2.26. The molecule has 0 aliphatic heterocycles. The van der Waals surface area contributed by atoms with E-state index in [1.807, 2.05) is 31.2 Å². The second-order valence-electron chi connectivity index (χ2n) is 4.59. The van der Waals surface area contributed by atoms with Crippen LogP contribution in [0.15, 0.2) is 33.8 Å². The van der Waals surface area contributed by atoms with Crippen molar-refractivity contribution in [3.63, 3.8) is 0 Å². The number of ether oxygens (including phenoxy) is 1. The minimum absolute atomic E-state index is 0. The average molecular weight is 431 g/mol. The summed E-state index contributed by atoms with van der Waals surface area (Å²) in [5, 5.41) is 10.2. The van der Waals surface area contributed by atoms with Crippen LogP contribution in [-0.4, -0.2) is 29.8 Å². The first kappa shape index (κ1) is 19.2. The standard InChI is InChI=1S/C15H21N5O2.HI/c1-4-16-15(18-10-14-19-11(2)22-20-14)17-9-12-7-5-6-8-13(12)21-3;/h5-8H,4,9-10H2,1-3H3,(H2,16,17,18);1H. The summed E-state index contributed by atoms with van der Waals surface area (Å²) < 4.78 is 10.3. The van der Waals surface area contributed by atoms with Gasteiger partial charge in [0.1, 0.15) is 5.75 Å². The van der Waals surface area contributed by atoms with E-state index in [1.165, 1.54) is 0 Å². The van der Waals surface area contributed by atoms with Gasteiger partial charge in [0.05, 0.1) is 20.2 Å². The number of methoxy groups -OCH3 is 1. The number of para-hydroxylation sites is 1. The molecular formula is C15H22IN5O2. The van der Waals surface area contributed by atoms with Crippen molar-refractivity contribution in [1.82, 2.24) is 20.8 Å². The van der Waals surface area contributed by atoms with Crippen molar-refractivity contribution in [2.24, 2.45) is 4.99 Å². The van der Waals surface area contributed by atoms with Crippen molar-refractivity contribution < 1.29 is 9.26 Å². The van der Waals surface area contributed by atoms with Gasteiger partial charge in [0.2, 0.25) is 5.89 Å². The molecule has 126 valence electrons. The molecule has 0 aliphatic carbocycles. The van der Waals surface area contributed by atoms with E-state index in [4.69, 9.17) is 9.26 Å². The van der Waals surface area contributed by atoms with E-state index in [9.17, 15) is 0 Å². The average Bonchev–Trinajstić information content (AvgIpc) is 2.96. The Hall–Kier alpha value is -1.84. The SMILES string of the molecule is CCNC(=NCc1ccccc1OC)NCc1noc(C)n1.I. The lowest BCUT2D eigenvalue weighted by Crippen LogP contribution is -2.37. The highest BCUT2D eigenvalue weighted by Gasteiger charge is 2.05. The van der Waals surface area contributed by atoms with Crippen LogP contribution < -0.4 is 15.4 Å². The molecule has 1 heterocycles. The topological polar surface area (TPSA) is 84.6 Å². The molecule has 0 atom stereocenters. The van der Waals surface area contributed by atoms with Gasteiger partial charge < -0.3 is 19.9 Å². The number of aryl methyl sites for hydroxylation is 1. The highest BCUT2D eigenvalue weighted by atomic mass is 127. The third-order valence-electron chi connectivity index (χ3n) is 2.93. The first-order valence-electron chi connectivity index (χ1n) is 7.16. The minimum Gasteiger partial charge on any atom is -0.496 e. The van der Waals surface area contributed by atoms with E-state index in [0.29, 0.717) is 30.8 Å². The summed E-state index contributed by atoms with van der Waals surface area (Å²) in [6.45, 7) is 5.51. The molecule has 0 bridgehead atoms. The van der Waals surface area contributed by atoms with Crippen LogP contribution in [0.3, 0.4) is 0 Å². The summed E-state index contributed by atoms with van der Waals surface area (Å²) in [6, 6.07) is 7.83. The number of hydrogen-bond acceptors (Lipinski definition) is 5. The van der Waals surface area contributed by atoms with Crippen LogP contribution in [0.2, 0.25) is 0 Å². The van der Waals surface area contributed by atoms with Crippen LogP contribution >= 0.6 is 24.0 Å². The molecule has 0 saturated heterocycles. The maximum atomic E-state index is 5.33. The minimum atomic E-state index is 0. The molecule has 0 unspecified atom stereocenters. The Morgan fingerprint density at radius 3 is 2.74 bits per heavy atom. The van der Waals surface area contributed by atoms with Gasteiger partial charge in [-0.2, -0.15) is 4.98 Å². The van der Waals surface area contributed by atoms with Gasteiger partial charge in [0.25, 0.3) is 0 Å². The molecule has 0 fully saturated rings. The van der Waals surface area contributed by atoms with Crippen LogP contribution in [0.4, 0.5) is 0 Å². The Morgan fingerprint density at radius 1 is 1.30 bits per heavy atom. The van der Waals surface area contributed by atoms with Gasteiger partial charge in [-0.15, -0.1) is 24.0 Å². The third-order valence-corrected chi connectivity index (χ3v) is 2.93. The third kappa shape index (κ3) is 6.05. The normalized spacial score (nSPS) is 10.8. The zero-order chi connectivity index (χ0) is 15.8. The number of nitrogens with one attached hydrogen (secondary N) is 2. The van der Waals surface area contributed by atoms with Gasteiger partial charge in [0.15, 0.2) is 11.8 Å². The highest BCUT2D eigenvalue weighted by Crippen LogP contribution is 2.17. The fourth-order valence-corrected chi connectivity index (χ4v) is 1.92. The maximum absolute atomic E-state index is 5.33. The number of aromatic nitrogens is 2. The lowest BCUT2D eigenvalue weighted by Gasteiger charge is -2.10. The fraction of sp³-hybridized carbons (Fsp3) is 0.400. The Kier molecular flexibility index (Phi) is 8.38. The molecule has 0 radical (unpaired) electrons. The summed E-state index contributed by atoms with van der Waals surface area (Å²) in [4.78, 5) is 8.69. The van der Waals surface area contributed by atoms with E-state index in [0.717, 1.165) is 17.9 Å². The molecule has 0 aliphatic rings. The molecule has 0 spiro atoms. The largest absolute Gasteiger partial charge is 0.496 e. The van der Waals surface area contributed by atoms with Crippen LogP contribution in [-0.2, 0) is 13.1 Å². The van der Waals surface area contributed by atoms with Gasteiger partial charge in [-0.1, -0.05) is 23.4 Å². The second kappa shape index (κ2) is 10.0. The molecule has 1 aromatic heterocycles. The Labute approximate surface area is 152 Å². The highest BCUT2D eigenvalue weighted by molar-refractivity contribution is 14.0. The molecular weight excluding hydrogens is 409 g/mol. The van der Waals surface area contributed by atoms with E-state index in [-0.39, 0.29) is 24.0 Å². The van der Waals surface area contributed by atoms with Gasteiger partial charge in [0, 0.05) is 19.0 Å². The smallest absolute Gasteiger partial charge is 0.223 e. The van der Waals surface area contributed by atoms with Crippen LogP contribution in [0.1, 0.15) is 24.2 Å². The van der Waals surface area contributed by atoms with Crippen molar-refractivity contribution in [1.29, 1.82) is 0 Å². The van der Waals surface area contributed by atoms with Crippen molar-refractivity contribution in [3.05, 3.63) is 41.5 Å². The monoisotopic (exact) mass is 431 g/mol. The second-order valence-corrected chi connectivity index (χ2v) is 4.59.